The molecule has 2 heterocycles. The normalized spacial score (nSPS) is 11.0. The number of aromatic nitrogens is 4. The lowest BCUT2D eigenvalue weighted by atomic mass is 10.1. The van der Waals surface area contributed by atoms with Gasteiger partial charge in [-0.1, -0.05) is 60.6 Å². The molecule has 8 heteroatoms. The Morgan fingerprint density at radius 2 is 2.08 bits per heavy atom. The van der Waals surface area contributed by atoms with Gasteiger partial charge in [-0.3, -0.25) is 15.2 Å². The van der Waals surface area contributed by atoms with E-state index in [4.69, 9.17) is 4.52 Å². The van der Waals surface area contributed by atoms with Crippen molar-refractivity contribution < 1.29 is 9.32 Å². The van der Waals surface area contributed by atoms with Crippen LogP contribution in [-0.4, -0.2) is 32.0 Å². The topological polar surface area (TPSA) is 96.7 Å². The highest BCUT2D eigenvalue weighted by atomic mass is 32.2. The molecule has 0 radical (unpaired) electrons. The van der Waals surface area contributed by atoms with Crippen LogP contribution >= 0.6 is 11.8 Å². The number of anilines is 1. The molecule has 0 bridgehead atoms. The zero-order chi connectivity index (χ0) is 17.8. The van der Waals surface area contributed by atoms with Gasteiger partial charge >= 0.3 is 0 Å². The van der Waals surface area contributed by atoms with Crippen molar-refractivity contribution in [2.45, 2.75) is 31.8 Å². The summed E-state index contributed by atoms with van der Waals surface area (Å²) in [6.45, 7) is 6.07. The minimum absolute atomic E-state index is 0.190. The van der Waals surface area contributed by atoms with Crippen molar-refractivity contribution in [3.05, 3.63) is 41.7 Å². The molecule has 0 aliphatic heterocycles. The van der Waals surface area contributed by atoms with E-state index in [1.54, 1.807) is 6.07 Å². The maximum absolute atomic E-state index is 12.0. The minimum Gasteiger partial charge on any atom is -0.338 e. The average Bonchev–Trinajstić information content (AvgIpc) is 3.23. The van der Waals surface area contributed by atoms with Crippen LogP contribution in [0.15, 0.2) is 40.0 Å². The Bertz CT molecular complexity index is 854. The number of thioether (sulfide) groups is 1. The van der Waals surface area contributed by atoms with Gasteiger partial charge in [0.25, 0.3) is 0 Å². The summed E-state index contributed by atoms with van der Waals surface area (Å²) in [6, 6.07) is 9.63. The second kappa shape index (κ2) is 7.52. The molecule has 2 aromatic heterocycles. The minimum atomic E-state index is -0.201. The molecular formula is C17H19N5O2S. The quantitative estimate of drug-likeness (QED) is 0.654. The maximum Gasteiger partial charge on any atom is 0.237 e. The van der Waals surface area contributed by atoms with E-state index in [1.807, 2.05) is 45.0 Å². The summed E-state index contributed by atoms with van der Waals surface area (Å²) >= 11 is 1.26. The molecule has 0 saturated carbocycles. The Morgan fingerprint density at radius 3 is 2.76 bits per heavy atom. The van der Waals surface area contributed by atoms with E-state index < -0.39 is 0 Å². The van der Waals surface area contributed by atoms with Crippen LogP contribution in [0, 0.1) is 6.92 Å². The third-order valence-electron chi connectivity index (χ3n) is 3.48. The summed E-state index contributed by atoms with van der Waals surface area (Å²) in [5.41, 5.74) is 2.79. The number of H-pyrrole nitrogens is 1. The Hall–Kier alpha value is -2.61. The van der Waals surface area contributed by atoms with E-state index in [0.29, 0.717) is 16.7 Å². The zero-order valence-corrected chi connectivity index (χ0v) is 15.1. The SMILES string of the molecule is Cc1ccc(-c2cc(NC(=O)CSc3n[nH]c(C(C)C)n3)on2)cc1. The molecule has 0 unspecified atom stereocenters. The van der Waals surface area contributed by atoms with Crippen molar-refractivity contribution >= 4 is 23.6 Å². The average molecular weight is 357 g/mol. The van der Waals surface area contributed by atoms with Crippen molar-refractivity contribution in [3.8, 4) is 11.3 Å². The third-order valence-corrected chi connectivity index (χ3v) is 4.33. The number of nitrogens with one attached hydrogen (secondary N) is 2. The molecule has 3 aromatic rings. The smallest absolute Gasteiger partial charge is 0.237 e. The van der Waals surface area contributed by atoms with Gasteiger partial charge in [-0.25, -0.2) is 4.98 Å². The monoisotopic (exact) mass is 357 g/mol. The molecule has 0 spiro atoms. The number of aryl methyl sites for hydroxylation is 1. The number of amides is 1. The summed E-state index contributed by atoms with van der Waals surface area (Å²) < 4.78 is 5.18. The Labute approximate surface area is 149 Å². The van der Waals surface area contributed by atoms with E-state index in [9.17, 15) is 4.79 Å². The van der Waals surface area contributed by atoms with E-state index in [1.165, 1.54) is 17.3 Å². The number of carbonyl (C=O) groups is 1. The summed E-state index contributed by atoms with van der Waals surface area (Å²) in [4.78, 5) is 16.4. The highest BCUT2D eigenvalue weighted by Gasteiger charge is 2.12. The molecule has 3 rings (SSSR count). The second-order valence-electron chi connectivity index (χ2n) is 5.94. The third kappa shape index (κ3) is 4.48. The molecule has 7 nitrogen and oxygen atoms in total. The number of hydrogen-bond donors (Lipinski definition) is 2. The maximum atomic E-state index is 12.0. The molecule has 0 saturated heterocycles. The fraction of sp³-hybridized carbons (Fsp3) is 0.294. The van der Waals surface area contributed by atoms with Crippen LogP contribution in [0.1, 0.15) is 31.2 Å². The predicted octanol–water partition coefficient (Wildman–Crippen LogP) is 3.62. The van der Waals surface area contributed by atoms with E-state index in [2.05, 4.69) is 25.7 Å². The summed E-state index contributed by atoms with van der Waals surface area (Å²) in [6.07, 6.45) is 0. The number of hydrogen-bond acceptors (Lipinski definition) is 6. The van der Waals surface area contributed by atoms with Gasteiger partial charge in [0.1, 0.15) is 11.5 Å². The van der Waals surface area contributed by atoms with Crippen LogP contribution < -0.4 is 5.32 Å². The van der Waals surface area contributed by atoms with Gasteiger partial charge in [-0.05, 0) is 6.92 Å². The number of carbonyl (C=O) groups excluding carboxylic acids is 1. The standard InChI is InChI=1S/C17H19N5O2S/c1-10(2)16-19-17(21-20-16)25-9-14(23)18-15-8-13(22-24-15)12-6-4-11(3)5-7-12/h4-8,10H,9H2,1-3H3,(H,18,23)(H,19,20,21). The van der Waals surface area contributed by atoms with Crippen LogP contribution in [0.2, 0.25) is 0 Å². The largest absolute Gasteiger partial charge is 0.338 e. The first-order valence-corrected chi connectivity index (χ1v) is 8.88. The molecule has 0 atom stereocenters. The molecule has 1 aromatic carbocycles. The molecule has 0 aliphatic rings. The van der Waals surface area contributed by atoms with E-state index >= 15 is 0 Å². The first kappa shape index (κ1) is 17.2. The van der Waals surface area contributed by atoms with Crippen molar-refractivity contribution in [2.24, 2.45) is 0 Å². The summed E-state index contributed by atoms with van der Waals surface area (Å²) in [7, 11) is 0. The summed E-state index contributed by atoms with van der Waals surface area (Å²) in [5, 5.41) is 14.2. The Kier molecular flexibility index (Phi) is 5.18. The van der Waals surface area contributed by atoms with Crippen LogP contribution in [0.4, 0.5) is 5.88 Å². The highest BCUT2D eigenvalue weighted by molar-refractivity contribution is 7.99. The lowest BCUT2D eigenvalue weighted by Gasteiger charge is -1.98. The van der Waals surface area contributed by atoms with Gasteiger partial charge < -0.3 is 4.52 Å². The zero-order valence-electron chi connectivity index (χ0n) is 14.2. The lowest BCUT2D eigenvalue weighted by molar-refractivity contribution is -0.113. The van der Waals surface area contributed by atoms with Crippen molar-refractivity contribution in [1.82, 2.24) is 20.3 Å². The van der Waals surface area contributed by atoms with E-state index in [0.717, 1.165) is 11.4 Å². The Balaban J connectivity index is 1.55. The van der Waals surface area contributed by atoms with Gasteiger partial charge in [0.05, 0.1) is 5.75 Å². The van der Waals surface area contributed by atoms with Gasteiger partial charge in [0.15, 0.2) is 0 Å². The fourth-order valence-electron chi connectivity index (χ4n) is 2.08. The number of rotatable bonds is 6. The number of aromatic amines is 1. The molecule has 25 heavy (non-hydrogen) atoms. The number of benzene rings is 1. The van der Waals surface area contributed by atoms with Gasteiger partial charge in [0, 0.05) is 17.5 Å². The van der Waals surface area contributed by atoms with Crippen LogP contribution in [0.3, 0.4) is 0 Å². The lowest BCUT2D eigenvalue weighted by Crippen LogP contribution is -2.13. The van der Waals surface area contributed by atoms with E-state index in [-0.39, 0.29) is 17.6 Å². The van der Waals surface area contributed by atoms with Gasteiger partial charge in [0.2, 0.25) is 16.9 Å². The van der Waals surface area contributed by atoms with Gasteiger partial charge in [-0.2, -0.15) is 0 Å². The number of nitrogens with zero attached hydrogens (tertiary/aromatic N) is 3. The van der Waals surface area contributed by atoms with Crippen LogP contribution in [0.25, 0.3) is 11.3 Å². The first-order chi connectivity index (χ1) is 12.0. The first-order valence-electron chi connectivity index (χ1n) is 7.90. The van der Waals surface area contributed by atoms with Crippen LogP contribution in [0.5, 0.6) is 0 Å². The molecule has 0 aliphatic carbocycles. The molecule has 1 amide bonds. The van der Waals surface area contributed by atoms with Crippen molar-refractivity contribution in [2.75, 3.05) is 11.1 Å². The highest BCUT2D eigenvalue weighted by Crippen LogP contribution is 2.22. The van der Waals surface area contributed by atoms with Crippen molar-refractivity contribution in [3.63, 3.8) is 0 Å². The fourth-order valence-corrected chi connectivity index (χ4v) is 2.68. The Morgan fingerprint density at radius 1 is 1.32 bits per heavy atom. The molecule has 2 N–H and O–H groups in total. The molecule has 0 fully saturated rings. The van der Waals surface area contributed by atoms with Crippen LogP contribution in [-0.2, 0) is 4.79 Å². The predicted molar refractivity (Wildman–Crippen MR) is 96.5 cm³/mol. The van der Waals surface area contributed by atoms with Gasteiger partial charge in [-0.15, -0.1) is 5.10 Å². The second-order valence-corrected chi connectivity index (χ2v) is 6.88. The summed E-state index contributed by atoms with van der Waals surface area (Å²) in [5.74, 6) is 1.38. The molecule has 130 valence electrons. The molecular weight excluding hydrogens is 338 g/mol. The van der Waals surface area contributed by atoms with Crippen molar-refractivity contribution in [1.29, 1.82) is 0 Å².